The van der Waals surface area contributed by atoms with Gasteiger partial charge in [-0.1, -0.05) is 42.0 Å². The molecule has 5 nitrogen and oxygen atoms in total. The lowest BCUT2D eigenvalue weighted by molar-refractivity contribution is -0.269. The number of hydrogen-bond donors (Lipinski definition) is 3. The summed E-state index contributed by atoms with van der Waals surface area (Å²) in [6.07, 6.45) is 2.46. The predicted octanol–water partition coefficient (Wildman–Crippen LogP) is 3.06. The summed E-state index contributed by atoms with van der Waals surface area (Å²) in [4.78, 5) is 2.25. The molecule has 0 radical (unpaired) electrons. The topological polar surface area (TPSA) is 73.2 Å². The third kappa shape index (κ3) is 4.17. The summed E-state index contributed by atoms with van der Waals surface area (Å²) in [7, 11) is 1.56. The summed E-state index contributed by atoms with van der Waals surface area (Å²) >= 11 is 0. The molecule has 0 unspecified atom stereocenters. The van der Waals surface area contributed by atoms with E-state index in [4.69, 9.17) is 4.74 Å². The van der Waals surface area contributed by atoms with Crippen molar-refractivity contribution >= 4 is 0 Å². The SMILES string of the molecule is CO[C@@H]1[C@H](O)CC[C@]2(O)CN([C@@H](C)c3ccccc3)[C@@H](CC=C(C)C)[C@](C)(O)[C@@H]12. The summed E-state index contributed by atoms with van der Waals surface area (Å²) in [6, 6.07) is 10.1. The highest BCUT2D eigenvalue weighted by atomic mass is 16.5. The van der Waals surface area contributed by atoms with Crippen LogP contribution in [0.5, 0.6) is 0 Å². The number of β-amino-alcohol motifs (C(OH)–C–C–N with tert-alkyl or cyclic N) is 1. The molecule has 2 aliphatic rings. The van der Waals surface area contributed by atoms with Crippen molar-refractivity contribution in [2.24, 2.45) is 5.92 Å². The molecule has 1 aromatic rings. The zero-order chi connectivity index (χ0) is 21.4. The Labute approximate surface area is 175 Å². The van der Waals surface area contributed by atoms with Crippen LogP contribution >= 0.6 is 0 Å². The van der Waals surface area contributed by atoms with Crippen LogP contribution in [-0.2, 0) is 4.74 Å². The Bertz CT molecular complexity index is 715. The average Bonchev–Trinajstić information content (AvgIpc) is 2.67. The number of ether oxygens (including phenoxy) is 1. The summed E-state index contributed by atoms with van der Waals surface area (Å²) in [5.41, 5.74) is 0.00505. The quantitative estimate of drug-likeness (QED) is 0.659. The smallest absolute Gasteiger partial charge is 0.0914 e. The van der Waals surface area contributed by atoms with E-state index in [1.807, 2.05) is 18.2 Å². The zero-order valence-corrected chi connectivity index (χ0v) is 18.4. The van der Waals surface area contributed by atoms with E-state index in [1.54, 1.807) is 14.0 Å². The van der Waals surface area contributed by atoms with Crippen LogP contribution in [0.25, 0.3) is 0 Å². The van der Waals surface area contributed by atoms with Gasteiger partial charge in [0.15, 0.2) is 0 Å². The number of methoxy groups -OCH3 is 1. The van der Waals surface area contributed by atoms with Crippen LogP contribution in [0.3, 0.4) is 0 Å². The molecule has 162 valence electrons. The number of allylic oxidation sites excluding steroid dienone is 1. The Balaban J connectivity index is 2.05. The molecule has 0 amide bonds. The molecule has 2 fully saturated rings. The monoisotopic (exact) mass is 403 g/mol. The number of nitrogens with zero attached hydrogens (tertiary/aromatic N) is 1. The lowest BCUT2D eigenvalue weighted by Gasteiger charge is -2.62. The molecule has 0 aromatic heterocycles. The van der Waals surface area contributed by atoms with Crippen LogP contribution in [0, 0.1) is 5.92 Å². The van der Waals surface area contributed by atoms with Crippen molar-refractivity contribution < 1.29 is 20.1 Å². The van der Waals surface area contributed by atoms with Crippen molar-refractivity contribution in [1.29, 1.82) is 0 Å². The van der Waals surface area contributed by atoms with Crippen LogP contribution in [0.2, 0.25) is 0 Å². The van der Waals surface area contributed by atoms with Crippen LogP contribution in [0.4, 0.5) is 0 Å². The maximum Gasteiger partial charge on any atom is 0.0914 e. The van der Waals surface area contributed by atoms with Gasteiger partial charge in [0.1, 0.15) is 0 Å². The van der Waals surface area contributed by atoms with Gasteiger partial charge in [-0.15, -0.1) is 0 Å². The molecule has 3 N–H and O–H groups in total. The fourth-order valence-electron chi connectivity index (χ4n) is 5.61. The first-order valence-corrected chi connectivity index (χ1v) is 10.7. The van der Waals surface area contributed by atoms with Gasteiger partial charge >= 0.3 is 0 Å². The molecule has 1 aliphatic carbocycles. The molecule has 1 saturated heterocycles. The minimum Gasteiger partial charge on any atom is -0.390 e. The van der Waals surface area contributed by atoms with Gasteiger partial charge in [0.05, 0.1) is 23.4 Å². The van der Waals surface area contributed by atoms with E-state index in [-0.39, 0.29) is 12.1 Å². The Morgan fingerprint density at radius 2 is 1.93 bits per heavy atom. The number of benzene rings is 1. The third-order valence-corrected chi connectivity index (χ3v) is 7.12. The number of piperidine rings is 1. The van der Waals surface area contributed by atoms with E-state index < -0.39 is 29.3 Å². The van der Waals surface area contributed by atoms with E-state index in [2.05, 4.69) is 43.9 Å². The number of likely N-dealkylation sites (tertiary alicyclic amines) is 1. The Morgan fingerprint density at radius 3 is 2.52 bits per heavy atom. The molecule has 1 aromatic carbocycles. The molecule has 7 atom stereocenters. The van der Waals surface area contributed by atoms with Gasteiger partial charge in [0, 0.05) is 31.7 Å². The fourth-order valence-corrected chi connectivity index (χ4v) is 5.61. The van der Waals surface area contributed by atoms with Gasteiger partial charge < -0.3 is 20.1 Å². The summed E-state index contributed by atoms with van der Waals surface area (Å²) in [5.74, 6) is -0.557. The Kier molecular flexibility index (Phi) is 6.56. The van der Waals surface area contributed by atoms with Crippen LogP contribution in [0.1, 0.15) is 58.6 Å². The molecule has 1 aliphatic heterocycles. The highest BCUT2D eigenvalue weighted by molar-refractivity contribution is 5.22. The first kappa shape index (κ1) is 22.4. The van der Waals surface area contributed by atoms with Gasteiger partial charge in [-0.3, -0.25) is 4.90 Å². The van der Waals surface area contributed by atoms with Crippen LogP contribution in [0.15, 0.2) is 42.0 Å². The summed E-state index contributed by atoms with van der Waals surface area (Å²) < 4.78 is 5.62. The van der Waals surface area contributed by atoms with Gasteiger partial charge in [-0.05, 0) is 52.5 Å². The standard InChI is InChI=1S/C24H37NO4/c1-16(2)11-12-20-23(4,27)22-21(29-5)19(26)13-14-24(22,28)15-25(20)17(3)18-9-7-6-8-10-18/h6-11,17,19-22,26-28H,12-15H2,1-5H3/t17-,19+,20-,21+,22+,23-,24-/m0/s1. The predicted molar refractivity (Wildman–Crippen MR) is 115 cm³/mol. The normalized spacial score (nSPS) is 38.9. The largest absolute Gasteiger partial charge is 0.390 e. The van der Waals surface area contributed by atoms with E-state index >= 15 is 0 Å². The van der Waals surface area contributed by atoms with E-state index in [0.717, 1.165) is 5.56 Å². The number of fused-ring (bicyclic) bond motifs is 1. The highest BCUT2D eigenvalue weighted by Gasteiger charge is 2.63. The molecule has 1 heterocycles. The Morgan fingerprint density at radius 1 is 1.28 bits per heavy atom. The molecule has 0 spiro atoms. The van der Waals surface area contributed by atoms with E-state index in [9.17, 15) is 15.3 Å². The molecular weight excluding hydrogens is 366 g/mol. The van der Waals surface area contributed by atoms with Crippen molar-refractivity contribution in [1.82, 2.24) is 4.90 Å². The van der Waals surface area contributed by atoms with Gasteiger partial charge in [-0.2, -0.15) is 0 Å². The lowest BCUT2D eigenvalue weighted by atomic mass is 9.59. The number of aliphatic hydroxyl groups is 3. The second kappa shape index (κ2) is 8.48. The van der Waals surface area contributed by atoms with Crippen molar-refractivity contribution in [3.05, 3.63) is 47.5 Å². The molecule has 0 bridgehead atoms. The summed E-state index contributed by atoms with van der Waals surface area (Å²) in [6.45, 7) is 8.50. The number of aliphatic hydroxyl groups excluding tert-OH is 1. The van der Waals surface area contributed by atoms with Crippen molar-refractivity contribution in [3.8, 4) is 0 Å². The van der Waals surface area contributed by atoms with Crippen molar-refractivity contribution in [3.63, 3.8) is 0 Å². The van der Waals surface area contributed by atoms with Gasteiger partial charge in [0.2, 0.25) is 0 Å². The third-order valence-electron chi connectivity index (χ3n) is 7.12. The summed E-state index contributed by atoms with van der Waals surface area (Å²) in [5, 5.41) is 34.1. The minimum atomic E-state index is -1.23. The first-order chi connectivity index (χ1) is 13.6. The fraction of sp³-hybridized carbons (Fsp3) is 0.667. The Hall–Kier alpha value is -1.24. The lowest BCUT2D eigenvalue weighted by Crippen LogP contribution is -2.75. The van der Waals surface area contributed by atoms with E-state index in [0.29, 0.717) is 25.8 Å². The second-order valence-corrected chi connectivity index (χ2v) is 9.41. The maximum atomic E-state index is 11.9. The number of rotatable bonds is 5. The zero-order valence-electron chi connectivity index (χ0n) is 18.4. The number of hydrogen-bond acceptors (Lipinski definition) is 5. The molecule has 5 heteroatoms. The van der Waals surface area contributed by atoms with Crippen LogP contribution in [-0.4, -0.2) is 63.3 Å². The molecular formula is C24H37NO4. The molecule has 29 heavy (non-hydrogen) atoms. The maximum absolute atomic E-state index is 11.9. The van der Waals surface area contributed by atoms with Crippen molar-refractivity contribution in [2.75, 3.05) is 13.7 Å². The first-order valence-electron chi connectivity index (χ1n) is 10.7. The van der Waals surface area contributed by atoms with E-state index in [1.165, 1.54) is 5.57 Å². The minimum absolute atomic E-state index is 0.0380. The molecule has 1 saturated carbocycles. The van der Waals surface area contributed by atoms with Crippen LogP contribution < -0.4 is 0 Å². The highest BCUT2D eigenvalue weighted by Crippen LogP contribution is 2.50. The average molecular weight is 404 g/mol. The van der Waals surface area contributed by atoms with Gasteiger partial charge in [-0.25, -0.2) is 0 Å². The van der Waals surface area contributed by atoms with Gasteiger partial charge in [0.25, 0.3) is 0 Å². The second-order valence-electron chi connectivity index (χ2n) is 9.41. The van der Waals surface area contributed by atoms with Crippen molar-refractivity contribution in [2.45, 2.75) is 82.5 Å². The molecule has 3 rings (SSSR count).